The molecule has 0 atom stereocenters. The van der Waals surface area contributed by atoms with Crippen LogP contribution in [0.25, 0.3) is 0 Å². The SMILES string of the molecule is Cc1cccc(C(=O)NCc2cc(Br)cs2)c1Cl. The lowest BCUT2D eigenvalue weighted by atomic mass is 10.1. The van der Waals surface area contributed by atoms with Gasteiger partial charge in [0.15, 0.2) is 0 Å². The van der Waals surface area contributed by atoms with Crippen molar-refractivity contribution < 1.29 is 4.79 Å². The summed E-state index contributed by atoms with van der Waals surface area (Å²) >= 11 is 11.1. The van der Waals surface area contributed by atoms with Gasteiger partial charge < -0.3 is 5.32 Å². The van der Waals surface area contributed by atoms with Gasteiger partial charge in [-0.05, 0) is 40.5 Å². The number of hydrogen-bond donors (Lipinski definition) is 1. The molecule has 1 heterocycles. The van der Waals surface area contributed by atoms with Crippen LogP contribution in [0.4, 0.5) is 0 Å². The summed E-state index contributed by atoms with van der Waals surface area (Å²) in [5.74, 6) is -0.145. The number of hydrogen-bond acceptors (Lipinski definition) is 2. The molecule has 0 aliphatic rings. The van der Waals surface area contributed by atoms with Crippen LogP contribution in [0, 0.1) is 6.92 Å². The highest BCUT2D eigenvalue weighted by molar-refractivity contribution is 9.10. The van der Waals surface area contributed by atoms with E-state index in [2.05, 4.69) is 21.2 Å². The Bertz CT molecular complexity index is 582. The van der Waals surface area contributed by atoms with Crippen molar-refractivity contribution in [1.82, 2.24) is 5.32 Å². The summed E-state index contributed by atoms with van der Waals surface area (Å²) in [4.78, 5) is 13.1. The Kier molecular flexibility index (Phi) is 4.43. The Morgan fingerprint density at radius 2 is 2.28 bits per heavy atom. The zero-order valence-corrected chi connectivity index (χ0v) is 12.8. The van der Waals surface area contributed by atoms with Crippen LogP contribution in [-0.2, 0) is 6.54 Å². The second-order valence-electron chi connectivity index (χ2n) is 3.85. The summed E-state index contributed by atoms with van der Waals surface area (Å²) in [7, 11) is 0. The van der Waals surface area contributed by atoms with Gasteiger partial charge in [0.25, 0.3) is 5.91 Å². The minimum atomic E-state index is -0.145. The summed E-state index contributed by atoms with van der Waals surface area (Å²) in [6.45, 7) is 2.40. The maximum absolute atomic E-state index is 12.0. The number of carbonyl (C=O) groups is 1. The van der Waals surface area contributed by atoms with Gasteiger partial charge >= 0.3 is 0 Å². The molecule has 0 unspecified atom stereocenters. The topological polar surface area (TPSA) is 29.1 Å². The lowest BCUT2D eigenvalue weighted by molar-refractivity contribution is 0.0951. The van der Waals surface area contributed by atoms with E-state index in [0.29, 0.717) is 17.1 Å². The van der Waals surface area contributed by atoms with Crippen molar-refractivity contribution in [3.8, 4) is 0 Å². The molecule has 1 amide bonds. The third-order valence-corrected chi connectivity index (χ3v) is 4.68. The van der Waals surface area contributed by atoms with Gasteiger partial charge in [0.2, 0.25) is 0 Å². The zero-order valence-electron chi connectivity index (χ0n) is 9.67. The molecule has 0 radical (unpaired) electrons. The molecule has 0 aliphatic carbocycles. The lowest BCUT2D eigenvalue weighted by Crippen LogP contribution is -2.22. The molecule has 1 N–H and O–H groups in total. The van der Waals surface area contributed by atoms with Crippen molar-refractivity contribution in [3.63, 3.8) is 0 Å². The summed E-state index contributed by atoms with van der Waals surface area (Å²) in [5, 5.41) is 5.37. The first-order valence-corrected chi connectivity index (χ1v) is 7.39. The third-order valence-electron chi connectivity index (χ3n) is 2.48. The summed E-state index contributed by atoms with van der Waals surface area (Å²) in [5.41, 5.74) is 1.43. The van der Waals surface area contributed by atoms with E-state index in [1.165, 1.54) is 0 Å². The van der Waals surface area contributed by atoms with E-state index in [-0.39, 0.29) is 5.91 Å². The monoisotopic (exact) mass is 343 g/mol. The minimum Gasteiger partial charge on any atom is -0.347 e. The fraction of sp³-hybridized carbons (Fsp3) is 0.154. The maximum Gasteiger partial charge on any atom is 0.253 e. The molecule has 5 heteroatoms. The van der Waals surface area contributed by atoms with Crippen LogP contribution in [0.1, 0.15) is 20.8 Å². The minimum absolute atomic E-state index is 0.145. The smallest absolute Gasteiger partial charge is 0.253 e. The van der Waals surface area contributed by atoms with E-state index in [9.17, 15) is 4.79 Å². The molecule has 2 nitrogen and oxygen atoms in total. The molecule has 0 saturated heterocycles. The molecule has 2 rings (SSSR count). The first-order valence-electron chi connectivity index (χ1n) is 5.34. The summed E-state index contributed by atoms with van der Waals surface area (Å²) in [6.07, 6.45) is 0. The van der Waals surface area contributed by atoms with Gasteiger partial charge in [0.05, 0.1) is 17.1 Å². The van der Waals surface area contributed by atoms with Crippen LogP contribution in [0.15, 0.2) is 34.1 Å². The average molecular weight is 345 g/mol. The lowest BCUT2D eigenvalue weighted by Gasteiger charge is -2.07. The Hall–Kier alpha value is -0.840. The van der Waals surface area contributed by atoms with Gasteiger partial charge in [-0.15, -0.1) is 11.3 Å². The van der Waals surface area contributed by atoms with Gasteiger partial charge in [-0.25, -0.2) is 0 Å². The normalized spacial score (nSPS) is 10.4. The van der Waals surface area contributed by atoms with E-state index in [0.717, 1.165) is 14.9 Å². The first-order chi connectivity index (χ1) is 8.58. The van der Waals surface area contributed by atoms with Crippen molar-refractivity contribution in [1.29, 1.82) is 0 Å². The Morgan fingerprint density at radius 1 is 1.50 bits per heavy atom. The third kappa shape index (κ3) is 3.13. The number of rotatable bonds is 3. The largest absolute Gasteiger partial charge is 0.347 e. The highest BCUT2D eigenvalue weighted by Crippen LogP contribution is 2.21. The standard InChI is InChI=1S/C13H11BrClNOS/c1-8-3-2-4-11(12(8)15)13(17)16-6-10-5-9(14)7-18-10/h2-5,7H,6H2,1H3,(H,16,17). The second kappa shape index (κ2) is 5.87. The quantitative estimate of drug-likeness (QED) is 0.878. The number of carbonyl (C=O) groups excluding carboxylic acids is 1. The molecule has 94 valence electrons. The van der Waals surface area contributed by atoms with Gasteiger partial charge in [0.1, 0.15) is 0 Å². The zero-order chi connectivity index (χ0) is 13.1. The van der Waals surface area contributed by atoms with Crippen molar-refractivity contribution in [2.45, 2.75) is 13.5 Å². The molecule has 0 saturated carbocycles. The van der Waals surface area contributed by atoms with E-state index >= 15 is 0 Å². The molecule has 0 aliphatic heterocycles. The molecule has 18 heavy (non-hydrogen) atoms. The second-order valence-corrected chi connectivity index (χ2v) is 6.14. The maximum atomic E-state index is 12.0. The fourth-order valence-electron chi connectivity index (χ4n) is 1.53. The van der Waals surface area contributed by atoms with E-state index in [1.807, 2.05) is 30.5 Å². The first kappa shape index (κ1) is 13.6. The summed E-state index contributed by atoms with van der Waals surface area (Å²) in [6, 6.07) is 7.44. The Labute approximate surface area is 123 Å². The highest BCUT2D eigenvalue weighted by Gasteiger charge is 2.11. The Morgan fingerprint density at radius 3 is 2.94 bits per heavy atom. The molecule has 0 spiro atoms. The molecule has 1 aromatic carbocycles. The van der Waals surface area contributed by atoms with Gasteiger partial charge in [-0.1, -0.05) is 23.7 Å². The van der Waals surface area contributed by atoms with Gasteiger partial charge in [-0.2, -0.15) is 0 Å². The molecule has 1 aromatic heterocycles. The molecule has 0 fully saturated rings. The van der Waals surface area contributed by atoms with E-state index in [1.54, 1.807) is 17.4 Å². The number of halogens is 2. The van der Waals surface area contributed by atoms with Crippen LogP contribution in [0.3, 0.4) is 0 Å². The Balaban J connectivity index is 2.06. The van der Waals surface area contributed by atoms with Gasteiger partial charge in [-0.3, -0.25) is 4.79 Å². The average Bonchev–Trinajstić information content (AvgIpc) is 2.76. The van der Waals surface area contributed by atoms with Crippen molar-refractivity contribution in [2.24, 2.45) is 0 Å². The molecule has 2 aromatic rings. The number of benzene rings is 1. The van der Waals surface area contributed by atoms with Crippen LogP contribution >= 0.6 is 38.9 Å². The molecule has 0 bridgehead atoms. The fourth-order valence-corrected chi connectivity index (χ4v) is 3.13. The van der Waals surface area contributed by atoms with Crippen molar-refractivity contribution in [3.05, 3.63) is 55.1 Å². The van der Waals surface area contributed by atoms with Crippen molar-refractivity contribution >= 4 is 44.8 Å². The number of amides is 1. The van der Waals surface area contributed by atoms with Crippen LogP contribution in [0.5, 0.6) is 0 Å². The number of aryl methyl sites for hydroxylation is 1. The predicted octanol–water partition coefficient (Wildman–Crippen LogP) is 4.40. The predicted molar refractivity (Wildman–Crippen MR) is 79.4 cm³/mol. The summed E-state index contributed by atoms with van der Waals surface area (Å²) < 4.78 is 1.03. The van der Waals surface area contributed by atoms with E-state index < -0.39 is 0 Å². The van der Waals surface area contributed by atoms with Crippen LogP contribution < -0.4 is 5.32 Å². The van der Waals surface area contributed by atoms with Crippen LogP contribution in [0.2, 0.25) is 5.02 Å². The number of nitrogens with one attached hydrogen (secondary N) is 1. The highest BCUT2D eigenvalue weighted by atomic mass is 79.9. The van der Waals surface area contributed by atoms with E-state index in [4.69, 9.17) is 11.6 Å². The number of thiophene rings is 1. The molecular weight excluding hydrogens is 334 g/mol. The van der Waals surface area contributed by atoms with Crippen molar-refractivity contribution in [2.75, 3.05) is 0 Å². The van der Waals surface area contributed by atoms with Gasteiger partial charge in [0, 0.05) is 14.7 Å². The molecular formula is C13H11BrClNOS. The van der Waals surface area contributed by atoms with Crippen LogP contribution in [-0.4, -0.2) is 5.91 Å².